The molecule has 1 saturated heterocycles. The van der Waals surface area contributed by atoms with Crippen molar-refractivity contribution >= 4 is 6.09 Å². The molecule has 0 aromatic heterocycles. The fraction of sp³-hybridized carbons (Fsp3) is 0.875. The summed E-state index contributed by atoms with van der Waals surface area (Å²) in [5.41, 5.74) is 0. The van der Waals surface area contributed by atoms with Gasteiger partial charge in [0, 0.05) is 6.54 Å². The third-order valence-corrected chi connectivity index (χ3v) is 1.85. The molecule has 0 aromatic carbocycles. The van der Waals surface area contributed by atoms with Gasteiger partial charge in [-0.1, -0.05) is 6.92 Å². The van der Waals surface area contributed by atoms with Crippen molar-refractivity contribution in [1.29, 1.82) is 0 Å². The van der Waals surface area contributed by atoms with Crippen LogP contribution in [0.1, 0.15) is 13.3 Å². The van der Waals surface area contributed by atoms with Crippen LogP contribution in [0.15, 0.2) is 5.18 Å². The number of carbonyl (C=O) groups is 1. The average molecular weight is 202 g/mol. The summed E-state index contributed by atoms with van der Waals surface area (Å²) in [6.07, 6.45) is -0.368. The van der Waals surface area contributed by atoms with Gasteiger partial charge in [-0.25, -0.2) is 4.79 Å². The maximum atomic E-state index is 11.3. The molecule has 0 aliphatic carbocycles. The van der Waals surface area contributed by atoms with Crippen molar-refractivity contribution in [2.45, 2.75) is 19.6 Å². The minimum absolute atomic E-state index is 0.187. The quantitative estimate of drug-likeness (QED) is 0.639. The van der Waals surface area contributed by atoms with Crippen molar-refractivity contribution in [3.63, 3.8) is 0 Å². The molecule has 0 spiro atoms. The summed E-state index contributed by atoms with van der Waals surface area (Å²) in [6, 6.07) is 0. The topological polar surface area (TPSA) is 68.2 Å². The Hall–Kier alpha value is -1.17. The van der Waals surface area contributed by atoms with Gasteiger partial charge in [-0.05, 0) is 11.6 Å². The fourth-order valence-electron chi connectivity index (χ4n) is 1.14. The standard InChI is InChI=1S/C8H14N2O4/c1-2-4-14-8(11)10-3-5-13-7(6-10)9-12/h7H,2-6H2,1H3. The number of ether oxygens (including phenoxy) is 2. The Balaban J connectivity index is 2.35. The van der Waals surface area contributed by atoms with Gasteiger partial charge in [0.25, 0.3) is 0 Å². The molecule has 1 amide bonds. The highest BCUT2D eigenvalue weighted by atomic mass is 16.6. The first-order valence-corrected chi connectivity index (χ1v) is 4.63. The number of amides is 1. The van der Waals surface area contributed by atoms with Gasteiger partial charge in [-0.2, -0.15) is 0 Å². The zero-order chi connectivity index (χ0) is 10.4. The van der Waals surface area contributed by atoms with Crippen molar-refractivity contribution < 1.29 is 14.3 Å². The average Bonchev–Trinajstić information content (AvgIpc) is 2.26. The Morgan fingerprint density at radius 2 is 2.50 bits per heavy atom. The highest BCUT2D eigenvalue weighted by Gasteiger charge is 2.25. The van der Waals surface area contributed by atoms with Crippen LogP contribution < -0.4 is 0 Å². The third-order valence-electron chi connectivity index (χ3n) is 1.85. The van der Waals surface area contributed by atoms with E-state index in [0.717, 1.165) is 6.42 Å². The minimum atomic E-state index is -0.752. The van der Waals surface area contributed by atoms with Crippen molar-refractivity contribution in [2.75, 3.05) is 26.3 Å². The zero-order valence-electron chi connectivity index (χ0n) is 8.14. The van der Waals surface area contributed by atoms with E-state index in [1.54, 1.807) is 0 Å². The molecule has 6 nitrogen and oxygen atoms in total. The lowest BCUT2D eigenvalue weighted by molar-refractivity contribution is -0.0233. The molecule has 0 saturated carbocycles. The number of nitrogens with zero attached hydrogens (tertiary/aromatic N) is 2. The van der Waals surface area contributed by atoms with Gasteiger partial charge in [0.1, 0.15) is 0 Å². The van der Waals surface area contributed by atoms with Crippen LogP contribution in [0.5, 0.6) is 0 Å². The summed E-state index contributed by atoms with van der Waals surface area (Å²) in [7, 11) is 0. The second kappa shape index (κ2) is 5.54. The SMILES string of the molecule is CCCOC(=O)N1CCOC(N=O)C1. The molecule has 6 heteroatoms. The lowest BCUT2D eigenvalue weighted by Crippen LogP contribution is -2.45. The minimum Gasteiger partial charge on any atom is -0.449 e. The highest BCUT2D eigenvalue weighted by molar-refractivity contribution is 5.67. The number of nitroso groups, excluding NO2 is 1. The summed E-state index contributed by atoms with van der Waals surface area (Å²) < 4.78 is 9.89. The predicted octanol–water partition coefficient (Wildman–Crippen LogP) is 0.958. The van der Waals surface area contributed by atoms with Crippen LogP contribution in [0.3, 0.4) is 0 Å². The molecule has 0 aromatic rings. The molecule has 0 N–H and O–H groups in total. The van der Waals surface area contributed by atoms with E-state index in [4.69, 9.17) is 9.47 Å². The van der Waals surface area contributed by atoms with E-state index >= 15 is 0 Å². The highest BCUT2D eigenvalue weighted by Crippen LogP contribution is 2.07. The molecule has 0 bridgehead atoms. The van der Waals surface area contributed by atoms with E-state index in [1.165, 1.54) is 4.90 Å². The van der Waals surface area contributed by atoms with E-state index < -0.39 is 12.3 Å². The fourth-order valence-corrected chi connectivity index (χ4v) is 1.14. The van der Waals surface area contributed by atoms with Gasteiger partial charge in [0.2, 0.25) is 6.23 Å². The zero-order valence-corrected chi connectivity index (χ0v) is 8.14. The molecule has 14 heavy (non-hydrogen) atoms. The van der Waals surface area contributed by atoms with Crippen LogP contribution >= 0.6 is 0 Å². The first kappa shape index (κ1) is 10.9. The Morgan fingerprint density at radius 3 is 3.14 bits per heavy atom. The van der Waals surface area contributed by atoms with Gasteiger partial charge < -0.3 is 14.4 Å². The van der Waals surface area contributed by atoms with Gasteiger partial charge in [0.05, 0.1) is 19.8 Å². The van der Waals surface area contributed by atoms with Crippen molar-refractivity contribution in [1.82, 2.24) is 4.90 Å². The van der Waals surface area contributed by atoms with Gasteiger partial charge in [-0.3, -0.25) is 0 Å². The number of rotatable bonds is 3. The van der Waals surface area contributed by atoms with E-state index in [0.29, 0.717) is 19.8 Å². The van der Waals surface area contributed by atoms with Crippen molar-refractivity contribution in [2.24, 2.45) is 5.18 Å². The molecule has 1 unspecified atom stereocenters. The van der Waals surface area contributed by atoms with Gasteiger partial charge in [-0.15, -0.1) is 4.91 Å². The molecular formula is C8H14N2O4. The molecule has 1 heterocycles. The Bertz CT molecular complexity index is 210. The van der Waals surface area contributed by atoms with Crippen molar-refractivity contribution in [3.8, 4) is 0 Å². The third kappa shape index (κ3) is 2.95. The van der Waals surface area contributed by atoms with Crippen LogP contribution in [-0.4, -0.2) is 43.5 Å². The Morgan fingerprint density at radius 1 is 1.71 bits per heavy atom. The number of carbonyl (C=O) groups excluding carboxylic acids is 1. The molecule has 1 fully saturated rings. The van der Waals surface area contributed by atoms with Gasteiger partial charge >= 0.3 is 6.09 Å². The van der Waals surface area contributed by atoms with Crippen molar-refractivity contribution in [3.05, 3.63) is 4.91 Å². The van der Waals surface area contributed by atoms with E-state index in [2.05, 4.69) is 5.18 Å². The summed E-state index contributed by atoms with van der Waals surface area (Å²) >= 11 is 0. The van der Waals surface area contributed by atoms with E-state index in [9.17, 15) is 9.70 Å². The van der Waals surface area contributed by atoms with Crippen LogP contribution in [0.25, 0.3) is 0 Å². The normalized spacial score (nSPS) is 21.8. The lowest BCUT2D eigenvalue weighted by atomic mass is 10.4. The number of morpholine rings is 1. The molecule has 1 aliphatic heterocycles. The molecule has 80 valence electrons. The summed E-state index contributed by atoms with van der Waals surface area (Å²) in [5, 5.41) is 2.74. The van der Waals surface area contributed by atoms with Crippen LogP contribution in [0, 0.1) is 4.91 Å². The maximum absolute atomic E-state index is 11.3. The van der Waals surface area contributed by atoms with E-state index in [1.807, 2.05) is 6.92 Å². The summed E-state index contributed by atoms with van der Waals surface area (Å²) in [5.74, 6) is 0. The van der Waals surface area contributed by atoms with Crippen LogP contribution in [-0.2, 0) is 9.47 Å². The second-order valence-electron chi connectivity index (χ2n) is 2.99. The summed E-state index contributed by atoms with van der Waals surface area (Å²) in [4.78, 5) is 22.9. The monoisotopic (exact) mass is 202 g/mol. The Labute approximate surface area is 82.1 Å². The predicted molar refractivity (Wildman–Crippen MR) is 48.7 cm³/mol. The summed E-state index contributed by atoms with van der Waals surface area (Å²) in [6.45, 7) is 3.29. The molecular weight excluding hydrogens is 188 g/mol. The second-order valence-corrected chi connectivity index (χ2v) is 2.99. The molecule has 1 rings (SSSR count). The van der Waals surface area contributed by atoms with Gasteiger partial charge in [0.15, 0.2) is 0 Å². The lowest BCUT2D eigenvalue weighted by Gasteiger charge is -2.28. The van der Waals surface area contributed by atoms with Crippen LogP contribution in [0.2, 0.25) is 0 Å². The molecule has 1 atom stereocenters. The molecule has 1 aliphatic rings. The van der Waals surface area contributed by atoms with Crippen LogP contribution in [0.4, 0.5) is 4.79 Å². The maximum Gasteiger partial charge on any atom is 0.409 e. The largest absolute Gasteiger partial charge is 0.449 e. The number of hydrogen-bond donors (Lipinski definition) is 0. The first-order valence-electron chi connectivity index (χ1n) is 4.63. The van der Waals surface area contributed by atoms with E-state index in [-0.39, 0.29) is 6.54 Å². The molecule has 0 radical (unpaired) electrons. The Kier molecular flexibility index (Phi) is 4.31. The number of hydrogen-bond acceptors (Lipinski definition) is 5. The first-order chi connectivity index (χ1) is 6.77. The smallest absolute Gasteiger partial charge is 0.409 e.